The summed E-state index contributed by atoms with van der Waals surface area (Å²) in [7, 11) is 0. The van der Waals surface area contributed by atoms with E-state index in [9.17, 15) is 0 Å². The average molecular weight is 340 g/mol. The Labute approximate surface area is 129 Å². The lowest BCUT2D eigenvalue weighted by Crippen LogP contribution is -2.44. The SMILES string of the molecule is CSC1CCC(NC2CC(c3cccc(Br)c3)C2)C1. The summed E-state index contributed by atoms with van der Waals surface area (Å²) in [6.45, 7) is 0. The monoisotopic (exact) mass is 339 g/mol. The lowest BCUT2D eigenvalue weighted by Gasteiger charge is -2.38. The van der Waals surface area contributed by atoms with Crippen molar-refractivity contribution in [1.29, 1.82) is 0 Å². The molecule has 3 rings (SSSR count). The van der Waals surface area contributed by atoms with Crippen molar-refractivity contribution >= 4 is 27.7 Å². The van der Waals surface area contributed by atoms with Gasteiger partial charge in [-0.2, -0.15) is 11.8 Å². The van der Waals surface area contributed by atoms with Crippen LogP contribution in [0.4, 0.5) is 0 Å². The van der Waals surface area contributed by atoms with Gasteiger partial charge in [-0.25, -0.2) is 0 Å². The van der Waals surface area contributed by atoms with Gasteiger partial charge in [0.15, 0.2) is 0 Å². The highest BCUT2D eigenvalue weighted by Crippen LogP contribution is 2.39. The highest BCUT2D eigenvalue weighted by molar-refractivity contribution is 9.10. The van der Waals surface area contributed by atoms with Crippen molar-refractivity contribution in [3.8, 4) is 0 Å². The third kappa shape index (κ3) is 3.37. The molecule has 2 saturated carbocycles. The van der Waals surface area contributed by atoms with Crippen molar-refractivity contribution in [2.24, 2.45) is 0 Å². The molecule has 1 aromatic rings. The molecule has 0 aliphatic heterocycles. The molecular formula is C16H22BrNS. The molecule has 0 spiro atoms. The van der Waals surface area contributed by atoms with Crippen LogP contribution in [-0.2, 0) is 0 Å². The van der Waals surface area contributed by atoms with Crippen molar-refractivity contribution in [2.75, 3.05) is 6.26 Å². The first-order chi connectivity index (χ1) is 9.24. The Morgan fingerprint density at radius 2 is 2.00 bits per heavy atom. The van der Waals surface area contributed by atoms with Gasteiger partial charge < -0.3 is 5.32 Å². The van der Waals surface area contributed by atoms with Crippen LogP contribution in [0.5, 0.6) is 0 Å². The minimum absolute atomic E-state index is 0.759. The van der Waals surface area contributed by atoms with E-state index in [1.807, 2.05) is 11.8 Å². The van der Waals surface area contributed by atoms with E-state index < -0.39 is 0 Å². The summed E-state index contributed by atoms with van der Waals surface area (Å²) < 4.78 is 1.21. The number of benzene rings is 1. The molecule has 1 nitrogen and oxygen atoms in total. The van der Waals surface area contributed by atoms with Gasteiger partial charge in [0.2, 0.25) is 0 Å². The third-order valence-electron chi connectivity index (χ3n) is 4.65. The zero-order valence-corrected chi connectivity index (χ0v) is 13.8. The quantitative estimate of drug-likeness (QED) is 0.862. The fourth-order valence-corrected chi connectivity index (χ4v) is 4.64. The van der Waals surface area contributed by atoms with E-state index >= 15 is 0 Å². The summed E-state index contributed by atoms with van der Waals surface area (Å²) in [6.07, 6.45) is 9.04. The molecule has 2 atom stereocenters. The second kappa shape index (κ2) is 6.19. The molecule has 2 aliphatic rings. The van der Waals surface area contributed by atoms with Crippen LogP contribution in [-0.4, -0.2) is 23.6 Å². The molecule has 2 fully saturated rings. The Bertz CT molecular complexity index is 431. The number of hydrogen-bond donors (Lipinski definition) is 1. The van der Waals surface area contributed by atoms with E-state index in [1.54, 1.807) is 0 Å². The van der Waals surface area contributed by atoms with Crippen LogP contribution in [0.25, 0.3) is 0 Å². The highest BCUT2D eigenvalue weighted by Gasteiger charge is 2.33. The van der Waals surface area contributed by atoms with Crippen LogP contribution < -0.4 is 5.32 Å². The summed E-state index contributed by atoms with van der Waals surface area (Å²) in [5.74, 6) is 0.771. The van der Waals surface area contributed by atoms with Crippen LogP contribution >= 0.6 is 27.7 Å². The Balaban J connectivity index is 1.46. The van der Waals surface area contributed by atoms with Crippen molar-refractivity contribution in [1.82, 2.24) is 5.32 Å². The summed E-state index contributed by atoms with van der Waals surface area (Å²) in [5.41, 5.74) is 1.50. The van der Waals surface area contributed by atoms with Gasteiger partial charge in [0, 0.05) is 21.8 Å². The van der Waals surface area contributed by atoms with Gasteiger partial charge in [0.25, 0.3) is 0 Å². The van der Waals surface area contributed by atoms with Gasteiger partial charge in [-0.3, -0.25) is 0 Å². The minimum atomic E-state index is 0.759. The highest BCUT2D eigenvalue weighted by atomic mass is 79.9. The summed E-state index contributed by atoms with van der Waals surface area (Å²) >= 11 is 5.61. The van der Waals surface area contributed by atoms with Crippen molar-refractivity contribution < 1.29 is 0 Å². The predicted octanol–water partition coefficient (Wildman–Crippen LogP) is 4.57. The van der Waals surface area contributed by atoms with E-state index in [0.29, 0.717) is 0 Å². The molecule has 0 aromatic heterocycles. The zero-order chi connectivity index (χ0) is 13.2. The maximum atomic E-state index is 3.87. The number of rotatable bonds is 4. The second-order valence-corrected chi connectivity index (χ2v) is 8.01. The van der Waals surface area contributed by atoms with Crippen molar-refractivity contribution in [3.05, 3.63) is 34.3 Å². The number of nitrogens with one attached hydrogen (secondary N) is 1. The minimum Gasteiger partial charge on any atom is -0.311 e. The molecule has 0 bridgehead atoms. The Morgan fingerprint density at radius 1 is 1.16 bits per heavy atom. The first kappa shape index (κ1) is 14.0. The zero-order valence-electron chi connectivity index (χ0n) is 11.4. The third-order valence-corrected chi connectivity index (χ3v) is 6.24. The van der Waals surface area contributed by atoms with E-state index in [2.05, 4.69) is 51.8 Å². The Morgan fingerprint density at radius 3 is 2.68 bits per heavy atom. The molecule has 19 heavy (non-hydrogen) atoms. The van der Waals surface area contributed by atoms with Crippen LogP contribution in [0.15, 0.2) is 28.7 Å². The van der Waals surface area contributed by atoms with Crippen LogP contribution in [0.1, 0.15) is 43.6 Å². The first-order valence-corrected chi connectivity index (χ1v) is 9.37. The molecule has 1 aromatic carbocycles. The fraction of sp³-hybridized carbons (Fsp3) is 0.625. The van der Waals surface area contributed by atoms with Crippen molar-refractivity contribution in [2.45, 2.75) is 55.4 Å². The summed E-state index contributed by atoms with van der Waals surface area (Å²) in [5, 5.41) is 4.77. The Hall–Kier alpha value is 0.01000. The number of hydrogen-bond acceptors (Lipinski definition) is 2. The smallest absolute Gasteiger partial charge is 0.0178 e. The molecule has 2 aliphatic carbocycles. The molecule has 0 heterocycles. The fourth-order valence-electron chi connectivity index (χ4n) is 3.43. The standard InChI is InChI=1S/C16H22BrNS/c1-19-16-6-5-14(10-16)18-15-8-12(9-15)11-3-2-4-13(17)7-11/h2-4,7,12,14-16,18H,5-6,8-10H2,1H3. The molecule has 3 heteroatoms. The summed E-state index contributed by atoms with van der Waals surface area (Å²) in [6, 6.07) is 10.4. The topological polar surface area (TPSA) is 12.0 Å². The summed E-state index contributed by atoms with van der Waals surface area (Å²) in [4.78, 5) is 0. The molecule has 0 radical (unpaired) electrons. The average Bonchev–Trinajstić information content (AvgIpc) is 2.81. The lowest BCUT2D eigenvalue weighted by atomic mass is 9.75. The van der Waals surface area contributed by atoms with E-state index in [1.165, 1.54) is 42.1 Å². The van der Waals surface area contributed by atoms with E-state index in [4.69, 9.17) is 0 Å². The molecule has 104 valence electrons. The van der Waals surface area contributed by atoms with Crippen molar-refractivity contribution in [3.63, 3.8) is 0 Å². The largest absolute Gasteiger partial charge is 0.311 e. The maximum absolute atomic E-state index is 3.87. The molecular weight excluding hydrogens is 318 g/mol. The van der Waals surface area contributed by atoms with Crippen LogP contribution in [0.2, 0.25) is 0 Å². The van der Waals surface area contributed by atoms with Crippen LogP contribution in [0, 0.1) is 0 Å². The molecule has 0 saturated heterocycles. The van der Waals surface area contributed by atoms with Gasteiger partial charge in [0.05, 0.1) is 0 Å². The van der Waals surface area contributed by atoms with Gasteiger partial charge >= 0.3 is 0 Å². The predicted molar refractivity (Wildman–Crippen MR) is 88.0 cm³/mol. The number of thioether (sulfide) groups is 1. The normalized spacial score (nSPS) is 34.2. The lowest BCUT2D eigenvalue weighted by molar-refractivity contribution is 0.265. The van der Waals surface area contributed by atoms with Gasteiger partial charge in [-0.05, 0) is 62.0 Å². The van der Waals surface area contributed by atoms with E-state index in [-0.39, 0.29) is 0 Å². The van der Waals surface area contributed by atoms with Crippen LogP contribution in [0.3, 0.4) is 0 Å². The maximum Gasteiger partial charge on any atom is 0.0178 e. The number of halogens is 1. The molecule has 2 unspecified atom stereocenters. The van der Waals surface area contributed by atoms with E-state index in [0.717, 1.165) is 23.3 Å². The molecule has 1 N–H and O–H groups in total. The molecule has 0 amide bonds. The van der Waals surface area contributed by atoms with Gasteiger partial charge in [-0.1, -0.05) is 28.1 Å². The van der Waals surface area contributed by atoms with Gasteiger partial charge in [-0.15, -0.1) is 0 Å². The Kier molecular flexibility index (Phi) is 4.55. The van der Waals surface area contributed by atoms with Gasteiger partial charge in [0.1, 0.15) is 0 Å². The first-order valence-electron chi connectivity index (χ1n) is 7.29. The second-order valence-electron chi connectivity index (χ2n) is 5.95.